The van der Waals surface area contributed by atoms with Crippen LogP contribution in [0.3, 0.4) is 0 Å². The molecule has 1 amide bonds. The van der Waals surface area contributed by atoms with Crippen molar-refractivity contribution in [3.63, 3.8) is 0 Å². The molecule has 1 aliphatic heterocycles. The van der Waals surface area contributed by atoms with Crippen molar-refractivity contribution >= 4 is 34.4 Å². The van der Waals surface area contributed by atoms with E-state index in [0.717, 1.165) is 23.0 Å². The van der Waals surface area contributed by atoms with Crippen LogP contribution < -0.4 is 20.3 Å². The van der Waals surface area contributed by atoms with Gasteiger partial charge in [0.1, 0.15) is 18.6 Å². The van der Waals surface area contributed by atoms with Gasteiger partial charge in [-0.25, -0.2) is 9.67 Å². The number of carbonyl (C=O) groups is 1. The van der Waals surface area contributed by atoms with Crippen LogP contribution in [0.5, 0.6) is 11.5 Å². The number of benzene rings is 2. The number of fused-ring (bicyclic) bond motifs is 2. The van der Waals surface area contributed by atoms with Crippen LogP contribution in [0.2, 0.25) is 0 Å². The zero-order chi connectivity index (χ0) is 22.1. The van der Waals surface area contributed by atoms with Crippen LogP contribution in [0.1, 0.15) is 5.56 Å². The number of aromatic nitrogens is 4. The second-order valence-corrected chi connectivity index (χ2v) is 8.16. The molecule has 3 heterocycles. The number of ether oxygens (including phenoxy) is 2. The maximum Gasteiger partial charge on any atom is 0.262 e. The smallest absolute Gasteiger partial charge is 0.262 e. The first-order valence-corrected chi connectivity index (χ1v) is 10.9. The van der Waals surface area contributed by atoms with Gasteiger partial charge < -0.3 is 19.8 Å². The number of aryl methyl sites for hydroxylation is 1. The fourth-order valence-electron chi connectivity index (χ4n) is 3.37. The number of nitrogens with zero attached hydrogens (tertiary/aromatic N) is 3. The number of hydrogen-bond acceptors (Lipinski definition) is 7. The number of H-pyrrole nitrogens is 1. The zero-order valence-electron chi connectivity index (χ0n) is 17.1. The summed E-state index contributed by atoms with van der Waals surface area (Å²) in [6, 6.07) is 13.0. The Balaban J connectivity index is 1.32. The van der Waals surface area contributed by atoms with Crippen molar-refractivity contribution in [3.05, 3.63) is 64.6 Å². The molecule has 32 heavy (non-hydrogen) atoms. The molecule has 2 aromatic carbocycles. The lowest BCUT2D eigenvalue weighted by Gasteiger charge is -2.18. The Morgan fingerprint density at radius 3 is 2.88 bits per heavy atom. The van der Waals surface area contributed by atoms with Crippen LogP contribution in [0.25, 0.3) is 16.7 Å². The Hall–Kier alpha value is -3.79. The third-order valence-corrected chi connectivity index (χ3v) is 5.70. The van der Waals surface area contributed by atoms with Crippen LogP contribution in [0.4, 0.5) is 5.69 Å². The van der Waals surface area contributed by atoms with Crippen LogP contribution in [-0.4, -0.2) is 44.6 Å². The summed E-state index contributed by atoms with van der Waals surface area (Å²) in [4.78, 5) is 32.2. The molecule has 4 aromatic rings. The molecule has 0 radical (unpaired) electrons. The molecule has 0 unspecified atom stereocenters. The standard InChI is InChI=1S/C22H19N5O4S/c1-13-3-2-4-15(9-13)27-20-16(11-23-27)21(29)26-22(25-20)32-12-19(28)24-14-5-6-17-18(10-14)31-8-7-30-17/h2-6,9-11H,7-8,12H2,1H3,(H,24,28)(H,25,26,29). The predicted molar refractivity (Wildman–Crippen MR) is 121 cm³/mol. The van der Waals surface area contributed by atoms with Crippen molar-refractivity contribution in [2.24, 2.45) is 0 Å². The Kier molecular flexibility index (Phi) is 5.28. The molecule has 0 saturated heterocycles. The lowest BCUT2D eigenvalue weighted by Crippen LogP contribution is -2.17. The van der Waals surface area contributed by atoms with E-state index in [1.54, 1.807) is 22.9 Å². The van der Waals surface area contributed by atoms with E-state index in [2.05, 4.69) is 20.4 Å². The molecule has 5 rings (SSSR count). The second kappa shape index (κ2) is 8.39. The Morgan fingerprint density at radius 1 is 1.19 bits per heavy atom. The molecule has 0 saturated carbocycles. The Bertz CT molecular complexity index is 1380. The molecule has 10 heteroatoms. The lowest BCUT2D eigenvalue weighted by atomic mass is 10.2. The van der Waals surface area contributed by atoms with Gasteiger partial charge in [0.05, 0.1) is 17.6 Å². The third kappa shape index (κ3) is 4.04. The molecular formula is C22H19N5O4S. The summed E-state index contributed by atoms with van der Waals surface area (Å²) in [5, 5.41) is 7.87. The lowest BCUT2D eigenvalue weighted by molar-refractivity contribution is -0.113. The third-order valence-electron chi connectivity index (χ3n) is 4.83. The Labute approximate surface area is 186 Å². The highest BCUT2D eigenvalue weighted by Crippen LogP contribution is 2.32. The van der Waals surface area contributed by atoms with Crippen molar-refractivity contribution in [2.45, 2.75) is 12.1 Å². The molecule has 0 spiro atoms. The number of nitrogens with one attached hydrogen (secondary N) is 2. The van der Waals surface area contributed by atoms with Crippen molar-refractivity contribution in [2.75, 3.05) is 24.3 Å². The maximum absolute atomic E-state index is 12.5. The summed E-state index contributed by atoms with van der Waals surface area (Å²) < 4.78 is 12.6. The molecule has 2 aromatic heterocycles. The van der Waals surface area contributed by atoms with Gasteiger partial charge in [-0.3, -0.25) is 9.59 Å². The van der Waals surface area contributed by atoms with E-state index < -0.39 is 0 Å². The highest BCUT2D eigenvalue weighted by molar-refractivity contribution is 7.99. The summed E-state index contributed by atoms with van der Waals surface area (Å²) in [5.41, 5.74) is 2.62. The quantitative estimate of drug-likeness (QED) is 0.356. The van der Waals surface area contributed by atoms with E-state index in [9.17, 15) is 9.59 Å². The fourth-order valence-corrected chi connectivity index (χ4v) is 4.02. The van der Waals surface area contributed by atoms with Crippen molar-refractivity contribution < 1.29 is 14.3 Å². The summed E-state index contributed by atoms with van der Waals surface area (Å²) in [6.07, 6.45) is 1.49. The van der Waals surface area contributed by atoms with Crippen molar-refractivity contribution in [3.8, 4) is 17.2 Å². The van der Waals surface area contributed by atoms with E-state index in [-0.39, 0.29) is 17.2 Å². The number of rotatable bonds is 5. The van der Waals surface area contributed by atoms with E-state index in [1.807, 2.05) is 31.2 Å². The van der Waals surface area contributed by atoms with Gasteiger partial charge in [-0.2, -0.15) is 5.10 Å². The van der Waals surface area contributed by atoms with Crippen molar-refractivity contribution in [1.82, 2.24) is 19.7 Å². The largest absolute Gasteiger partial charge is 0.486 e. The minimum atomic E-state index is -0.302. The highest BCUT2D eigenvalue weighted by atomic mass is 32.2. The van der Waals surface area contributed by atoms with E-state index in [4.69, 9.17) is 9.47 Å². The molecule has 0 fully saturated rings. The normalized spacial score (nSPS) is 12.7. The minimum Gasteiger partial charge on any atom is -0.486 e. The Morgan fingerprint density at radius 2 is 2.03 bits per heavy atom. The number of aromatic amines is 1. The van der Waals surface area contributed by atoms with E-state index in [0.29, 0.717) is 46.6 Å². The minimum absolute atomic E-state index is 0.0709. The molecule has 2 N–H and O–H groups in total. The molecule has 1 aliphatic rings. The SMILES string of the molecule is Cc1cccc(-n2ncc3c(=O)[nH]c(SCC(=O)Nc4ccc5c(c4)OCCO5)nc32)c1. The molecule has 162 valence electrons. The first-order chi connectivity index (χ1) is 15.6. The van der Waals surface area contributed by atoms with Gasteiger partial charge in [0.15, 0.2) is 22.3 Å². The summed E-state index contributed by atoms with van der Waals surface area (Å²) in [6.45, 7) is 2.96. The average Bonchev–Trinajstić information content (AvgIpc) is 3.22. The fraction of sp³-hybridized carbons (Fsp3) is 0.182. The van der Waals surface area contributed by atoms with Crippen LogP contribution in [0, 0.1) is 6.92 Å². The van der Waals surface area contributed by atoms with Gasteiger partial charge >= 0.3 is 0 Å². The van der Waals surface area contributed by atoms with Gasteiger partial charge in [0.25, 0.3) is 5.56 Å². The summed E-state index contributed by atoms with van der Waals surface area (Å²) in [7, 11) is 0. The topological polar surface area (TPSA) is 111 Å². The molecule has 0 bridgehead atoms. The predicted octanol–water partition coefficient (Wildman–Crippen LogP) is 2.92. The van der Waals surface area contributed by atoms with Gasteiger partial charge in [-0.05, 0) is 36.8 Å². The second-order valence-electron chi connectivity index (χ2n) is 7.20. The highest BCUT2D eigenvalue weighted by Gasteiger charge is 2.15. The number of anilines is 1. The van der Waals surface area contributed by atoms with Crippen LogP contribution in [0.15, 0.2) is 58.6 Å². The van der Waals surface area contributed by atoms with Crippen LogP contribution >= 0.6 is 11.8 Å². The van der Waals surface area contributed by atoms with E-state index >= 15 is 0 Å². The number of thioether (sulfide) groups is 1. The summed E-state index contributed by atoms with van der Waals surface area (Å²) >= 11 is 1.14. The van der Waals surface area contributed by atoms with Gasteiger partial charge in [-0.1, -0.05) is 23.9 Å². The first-order valence-electron chi connectivity index (χ1n) is 9.94. The molecule has 0 aliphatic carbocycles. The molecule has 0 atom stereocenters. The molecule has 9 nitrogen and oxygen atoms in total. The number of carbonyl (C=O) groups excluding carboxylic acids is 1. The van der Waals surface area contributed by atoms with Gasteiger partial charge in [0.2, 0.25) is 5.91 Å². The van der Waals surface area contributed by atoms with Crippen LogP contribution in [-0.2, 0) is 4.79 Å². The van der Waals surface area contributed by atoms with Gasteiger partial charge in [-0.15, -0.1) is 0 Å². The van der Waals surface area contributed by atoms with Crippen molar-refractivity contribution in [1.29, 1.82) is 0 Å². The number of hydrogen-bond donors (Lipinski definition) is 2. The first kappa shape index (κ1) is 20.1. The number of amides is 1. The van der Waals surface area contributed by atoms with Gasteiger partial charge in [0, 0.05) is 11.8 Å². The zero-order valence-corrected chi connectivity index (χ0v) is 17.9. The molecular weight excluding hydrogens is 430 g/mol. The monoisotopic (exact) mass is 449 g/mol. The average molecular weight is 449 g/mol. The summed E-state index contributed by atoms with van der Waals surface area (Å²) in [5.74, 6) is 1.09. The van der Waals surface area contributed by atoms with E-state index in [1.165, 1.54) is 6.20 Å². The maximum atomic E-state index is 12.5.